The van der Waals surface area contributed by atoms with Crippen molar-refractivity contribution in [3.05, 3.63) is 29.8 Å². The van der Waals surface area contributed by atoms with Crippen LogP contribution < -0.4 is 0 Å². The number of unbranched alkanes of at least 4 members (excludes halogenated alkanes) is 7. The largest absolute Gasteiger partial charge is 0.460 e. The van der Waals surface area contributed by atoms with E-state index in [1.807, 2.05) is 0 Å². The van der Waals surface area contributed by atoms with Gasteiger partial charge in [-0.3, -0.25) is 4.18 Å². The highest BCUT2D eigenvalue weighted by atomic mass is 79.9. The van der Waals surface area contributed by atoms with Gasteiger partial charge in [-0.25, -0.2) is 4.79 Å². The van der Waals surface area contributed by atoms with Gasteiger partial charge >= 0.3 is 5.97 Å². The summed E-state index contributed by atoms with van der Waals surface area (Å²) in [5, 5.41) is 0.397. The molecular weight excluding hydrogens is 512 g/mol. The van der Waals surface area contributed by atoms with Crippen LogP contribution in [0.15, 0.2) is 29.2 Å². The standard InChI is InChI=1S/C24H39BrO7S/c1-3-4-5-6-7-8-9-10-13-21(20-25)32-33(27,28)23-15-12-11-14-22(23)24(26)31-19-18-30-17-16-29-2/h11-12,14-15,21H,3-10,13,16-20H2,1-2H3/t21-/m1/s1. The summed E-state index contributed by atoms with van der Waals surface area (Å²) in [4.78, 5) is 12.3. The molecule has 1 aromatic rings. The lowest BCUT2D eigenvalue weighted by Crippen LogP contribution is -2.22. The first kappa shape index (κ1) is 30.0. The molecule has 1 rings (SSSR count). The highest BCUT2D eigenvalue weighted by molar-refractivity contribution is 9.09. The zero-order valence-corrected chi connectivity index (χ0v) is 22.3. The molecule has 0 saturated carbocycles. The number of methoxy groups -OCH3 is 1. The molecule has 0 spiro atoms. The molecule has 0 aliphatic rings. The van der Waals surface area contributed by atoms with Gasteiger partial charge in [0.15, 0.2) is 0 Å². The second-order valence-electron chi connectivity index (χ2n) is 7.83. The minimum atomic E-state index is -4.13. The van der Waals surface area contributed by atoms with Crippen molar-refractivity contribution in [2.45, 2.75) is 75.7 Å². The lowest BCUT2D eigenvalue weighted by molar-refractivity contribution is 0.0210. The van der Waals surface area contributed by atoms with Gasteiger partial charge in [0.05, 0.1) is 31.5 Å². The van der Waals surface area contributed by atoms with E-state index >= 15 is 0 Å². The van der Waals surface area contributed by atoms with Crippen LogP contribution in [0.1, 0.15) is 75.1 Å². The van der Waals surface area contributed by atoms with Crippen molar-refractivity contribution < 1.29 is 31.6 Å². The van der Waals surface area contributed by atoms with E-state index in [-0.39, 0.29) is 23.7 Å². The second-order valence-corrected chi connectivity index (χ2v) is 10.0. The Bertz CT molecular complexity index is 755. The molecule has 1 aromatic carbocycles. The minimum absolute atomic E-state index is 0.0141. The van der Waals surface area contributed by atoms with E-state index in [0.717, 1.165) is 19.3 Å². The number of ether oxygens (including phenoxy) is 3. The number of esters is 1. The fourth-order valence-corrected chi connectivity index (χ4v) is 5.18. The third-order valence-corrected chi connectivity index (χ3v) is 7.23. The van der Waals surface area contributed by atoms with E-state index in [1.54, 1.807) is 19.2 Å². The zero-order valence-electron chi connectivity index (χ0n) is 19.9. The Morgan fingerprint density at radius 3 is 2.24 bits per heavy atom. The summed E-state index contributed by atoms with van der Waals surface area (Å²) in [5.41, 5.74) is -0.0465. The molecule has 0 radical (unpaired) electrons. The Kier molecular flexibility index (Phi) is 16.7. The maximum absolute atomic E-state index is 12.9. The van der Waals surface area contributed by atoms with Gasteiger partial charge in [-0.15, -0.1) is 0 Å². The number of halogens is 1. The van der Waals surface area contributed by atoms with Crippen LogP contribution in [0.25, 0.3) is 0 Å². The Labute approximate surface area is 207 Å². The van der Waals surface area contributed by atoms with Gasteiger partial charge in [0, 0.05) is 12.4 Å². The summed E-state index contributed by atoms with van der Waals surface area (Å²) < 4.78 is 46.6. The average Bonchev–Trinajstić information content (AvgIpc) is 2.82. The van der Waals surface area contributed by atoms with E-state index in [1.165, 1.54) is 44.2 Å². The molecule has 0 bridgehead atoms. The van der Waals surface area contributed by atoms with Crippen molar-refractivity contribution in [3.63, 3.8) is 0 Å². The van der Waals surface area contributed by atoms with Crippen LogP contribution in [-0.4, -0.2) is 59.4 Å². The molecule has 0 amide bonds. The lowest BCUT2D eigenvalue weighted by atomic mass is 10.1. The molecule has 190 valence electrons. The van der Waals surface area contributed by atoms with Crippen LogP contribution >= 0.6 is 15.9 Å². The quantitative estimate of drug-likeness (QED) is 0.0915. The first-order valence-electron chi connectivity index (χ1n) is 11.8. The molecule has 0 N–H and O–H groups in total. The first-order valence-corrected chi connectivity index (χ1v) is 14.3. The predicted molar refractivity (Wildman–Crippen MR) is 132 cm³/mol. The summed E-state index contributed by atoms with van der Waals surface area (Å²) in [6, 6.07) is 5.93. The Balaban J connectivity index is 2.56. The van der Waals surface area contributed by atoms with Gasteiger partial charge in [-0.1, -0.05) is 86.4 Å². The highest BCUT2D eigenvalue weighted by Crippen LogP contribution is 2.23. The van der Waals surface area contributed by atoms with Crippen molar-refractivity contribution in [1.29, 1.82) is 0 Å². The van der Waals surface area contributed by atoms with Crippen LogP contribution in [0.3, 0.4) is 0 Å². The molecule has 0 aliphatic carbocycles. The van der Waals surface area contributed by atoms with E-state index in [9.17, 15) is 13.2 Å². The number of carbonyl (C=O) groups excluding carboxylic acids is 1. The summed E-state index contributed by atoms with van der Waals surface area (Å²) in [6.07, 6.45) is 9.51. The Hall–Kier alpha value is -1.00. The fraction of sp³-hybridized carbons (Fsp3) is 0.708. The summed E-state index contributed by atoms with van der Waals surface area (Å²) in [6.45, 7) is 3.25. The van der Waals surface area contributed by atoms with Crippen molar-refractivity contribution in [1.82, 2.24) is 0 Å². The summed E-state index contributed by atoms with van der Waals surface area (Å²) >= 11 is 3.36. The van der Waals surface area contributed by atoms with Gasteiger partial charge in [-0.2, -0.15) is 8.42 Å². The molecule has 0 saturated heterocycles. The number of carbonyl (C=O) groups is 1. The Morgan fingerprint density at radius 2 is 1.58 bits per heavy atom. The molecule has 9 heteroatoms. The molecule has 0 aromatic heterocycles. The third kappa shape index (κ3) is 12.9. The topological polar surface area (TPSA) is 88.1 Å². The highest BCUT2D eigenvalue weighted by Gasteiger charge is 2.27. The smallest absolute Gasteiger partial charge is 0.339 e. The lowest BCUT2D eigenvalue weighted by Gasteiger charge is -2.16. The van der Waals surface area contributed by atoms with E-state index < -0.39 is 22.2 Å². The maximum Gasteiger partial charge on any atom is 0.339 e. The SMILES string of the molecule is CCCCCCCCCC[C@H](CBr)OS(=O)(=O)c1ccccc1C(=O)OCCOCCOC. The molecule has 7 nitrogen and oxygen atoms in total. The molecule has 0 unspecified atom stereocenters. The van der Waals surface area contributed by atoms with Crippen molar-refractivity contribution in [3.8, 4) is 0 Å². The van der Waals surface area contributed by atoms with Gasteiger partial charge in [0.25, 0.3) is 10.1 Å². The average molecular weight is 552 g/mol. The van der Waals surface area contributed by atoms with Crippen molar-refractivity contribution in [2.75, 3.05) is 38.9 Å². The van der Waals surface area contributed by atoms with Crippen molar-refractivity contribution in [2.24, 2.45) is 0 Å². The van der Waals surface area contributed by atoms with Crippen LogP contribution in [0.4, 0.5) is 0 Å². The molecule has 0 fully saturated rings. The molecule has 33 heavy (non-hydrogen) atoms. The van der Waals surface area contributed by atoms with Gasteiger partial charge in [0.2, 0.25) is 0 Å². The maximum atomic E-state index is 12.9. The van der Waals surface area contributed by atoms with E-state index in [2.05, 4.69) is 22.9 Å². The number of rotatable bonds is 20. The number of hydrogen-bond donors (Lipinski definition) is 0. The van der Waals surface area contributed by atoms with Gasteiger partial charge in [-0.05, 0) is 18.6 Å². The third-order valence-electron chi connectivity index (χ3n) is 5.08. The van der Waals surface area contributed by atoms with Gasteiger partial charge in [0.1, 0.15) is 11.5 Å². The van der Waals surface area contributed by atoms with Gasteiger partial charge < -0.3 is 14.2 Å². The Morgan fingerprint density at radius 1 is 0.939 bits per heavy atom. The second kappa shape index (κ2) is 18.3. The minimum Gasteiger partial charge on any atom is -0.460 e. The van der Waals surface area contributed by atoms with Crippen LogP contribution in [0.2, 0.25) is 0 Å². The van der Waals surface area contributed by atoms with Crippen molar-refractivity contribution >= 4 is 32.0 Å². The fourth-order valence-electron chi connectivity index (χ4n) is 3.26. The molecule has 1 atom stereocenters. The predicted octanol–water partition coefficient (Wildman–Crippen LogP) is 5.51. The monoisotopic (exact) mass is 550 g/mol. The van der Waals surface area contributed by atoms with E-state index in [4.69, 9.17) is 18.4 Å². The number of hydrogen-bond acceptors (Lipinski definition) is 7. The number of alkyl halides is 1. The zero-order chi connectivity index (χ0) is 24.4. The molecule has 0 heterocycles. The normalized spacial score (nSPS) is 12.6. The van der Waals surface area contributed by atoms with Crippen LogP contribution in [0.5, 0.6) is 0 Å². The summed E-state index contributed by atoms with van der Waals surface area (Å²) in [7, 11) is -2.56. The van der Waals surface area contributed by atoms with E-state index in [0.29, 0.717) is 25.0 Å². The number of benzene rings is 1. The van der Waals surface area contributed by atoms with Crippen LogP contribution in [0, 0.1) is 0 Å². The van der Waals surface area contributed by atoms with Crippen LogP contribution in [-0.2, 0) is 28.5 Å². The molecule has 0 aliphatic heterocycles. The summed E-state index contributed by atoms with van der Waals surface area (Å²) in [5.74, 6) is -0.730. The first-order chi connectivity index (χ1) is 16.0. The molecular formula is C24H39BrO7S.